The van der Waals surface area contributed by atoms with Crippen molar-refractivity contribution in [1.82, 2.24) is 9.80 Å². The summed E-state index contributed by atoms with van der Waals surface area (Å²) in [5, 5.41) is 3.00. The number of nitrogens with zero attached hydrogens (tertiary/aromatic N) is 4. The van der Waals surface area contributed by atoms with Crippen molar-refractivity contribution in [2.45, 2.75) is 55.9 Å². The third-order valence-corrected chi connectivity index (χ3v) is 10.9. The highest BCUT2D eigenvalue weighted by molar-refractivity contribution is 7.99. The Bertz CT molecular complexity index is 1690. The van der Waals surface area contributed by atoms with Gasteiger partial charge in [0, 0.05) is 76.6 Å². The second-order valence-corrected chi connectivity index (χ2v) is 14.0. The predicted molar refractivity (Wildman–Crippen MR) is 168 cm³/mol. The SMILES string of the molecule is C=CC(=O)N1C[C@H](C)N(C2=NC(=C)N3CC4(COC4)CSc4c(-c5cc(NC6CC6)c(F)cc5F)c(C(F)(F)F)cc2c43)C[C@H]1C. The average Bonchev–Trinajstić information content (AvgIpc) is 3.82. The van der Waals surface area contributed by atoms with E-state index in [2.05, 4.69) is 18.5 Å². The van der Waals surface area contributed by atoms with Crippen molar-refractivity contribution >= 4 is 34.9 Å². The highest BCUT2D eigenvalue weighted by atomic mass is 32.2. The molecule has 46 heavy (non-hydrogen) atoms. The van der Waals surface area contributed by atoms with Gasteiger partial charge in [0.05, 0.1) is 30.2 Å². The van der Waals surface area contributed by atoms with E-state index in [0.717, 1.165) is 18.9 Å². The predicted octanol–water partition coefficient (Wildman–Crippen LogP) is 6.49. The number of ether oxygens (including phenoxy) is 1. The largest absolute Gasteiger partial charge is 0.417 e. The number of aliphatic imine (C=N–C) groups is 1. The van der Waals surface area contributed by atoms with Crippen LogP contribution in [0.4, 0.5) is 33.3 Å². The number of carbonyl (C=O) groups is 1. The molecule has 2 atom stereocenters. The highest BCUT2D eigenvalue weighted by Crippen LogP contribution is 2.55. The molecule has 7 rings (SSSR count). The van der Waals surface area contributed by atoms with Crippen molar-refractivity contribution in [3.63, 3.8) is 0 Å². The number of alkyl halides is 3. The van der Waals surface area contributed by atoms with Crippen LogP contribution in [0.3, 0.4) is 0 Å². The summed E-state index contributed by atoms with van der Waals surface area (Å²) in [5.74, 6) is -1.06. The minimum atomic E-state index is -4.88. The van der Waals surface area contributed by atoms with Crippen LogP contribution in [0.5, 0.6) is 0 Å². The molecule has 13 heteroatoms. The van der Waals surface area contributed by atoms with E-state index in [1.807, 2.05) is 23.6 Å². The number of benzene rings is 2. The summed E-state index contributed by atoms with van der Waals surface area (Å²) in [7, 11) is 0. The first-order chi connectivity index (χ1) is 21.8. The number of amidine groups is 1. The smallest absolute Gasteiger partial charge is 0.380 e. The average molecular weight is 660 g/mol. The lowest BCUT2D eigenvalue weighted by Gasteiger charge is -2.48. The third-order valence-electron chi connectivity index (χ3n) is 9.43. The number of hydrogen-bond donors (Lipinski definition) is 1. The van der Waals surface area contributed by atoms with Gasteiger partial charge >= 0.3 is 6.18 Å². The van der Waals surface area contributed by atoms with E-state index in [4.69, 9.17) is 9.73 Å². The standard InChI is InChI=1S/C33H34F5N5O2S/c1-5-27(44)41-11-18(3)42(12-17(41)2)31-22-8-23(33(36,37)38)28(21-9-26(40-20-6-7-20)25(35)10-24(21)34)30-29(22)43(19(4)39-31)13-32(16-46-30)14-45-15-32/h5,8-10,17-18,20,40H,1,4,6-7,11-16H2,2-3H3/t17-,18+/m1/s1. The summed E-state index contributed by atoms with van der Waals surface area (Å²) < 4.78 is 81.7. The number of amides is 1. The Morgan fingerprint density at radius 1 is 1.11 bits per heavy atom. The number of carbonyl (C=O) groups excluding carboxylic acids is 1. The molecule has 0 radical (unpaired) electrons. The molecule has 4 heterocycles. The number of hydrogen-bond acceptors (Lipinski definition) is 7. The molecule has 1 spiro atoms. The van der Waals surface area contributed by atoms with Gasteiger partial charge in [0.1, 0.15) is 23.3 Å². The van der Waals surface area contributed by atoms with Crippen LogP contribution in [0.1, 0.15) is 37.8 Å². The van der Waals surface area contributed by atoms with Crippen LogP contribution < -0.4 is 10.2 Å². The fourth-order valence-electron chi connectivity index (χ4n) is 6.80. The summed E-state index contributed by atoms with van der Waals surface area (Å²) in [4.78, 5) is 23.0. The molecule has 1 saturated carbocycles. The van der Waals surface area contributed by atoms with Gasteiger partial charge in [-0.2, -0.15) is 13.2 Å². The number of nitrogens with one attached hydrogen (secondary N) is 1. The van der Waals surface area contributed by atoms with Gasteiger partial charge in [-0.1, -0.05) is 13.2 Å². The van der Waals surface area contributed by atoms with Crippen LogP contribution in [0, 0.1) is 17.0 Å². The number of rotatable bonds is 4. The minimum absolute atomic E-state index is 0.00274. The fourth-order valence-corrected chi connectivity index (χ4v) is 8.22. The van der Waals surface area contributed by atoms with E-state index < -0.39 is 23.4 Å². The molecular weight excluding hydrogens is 625 g/mol. The Morgan fingerprint density at radius 3 is 2.48 bits per heavy atom. The first kappa shape index (κ1) is 31.0. The molecule has 0 unspecified atom stereocenters. The molecule has 4 aliphatic heterocycles. The Hall–Kier alpha value is -3.58. The van der Waals surface area contributed by atoms with E-state index >= 15 is 17.6 Å². The van der Waals surface area contributed by atoms with Crippen LogP contribution in [-0.2, 0) is 15.7 Å². The van der Waals surface area contributed by atoms with E-state index in [9.17, 15) is 9.18 Å². The lowest BCUT2D eigenvalue weighted by atomic mass is 9.86. The van der Waals surface area contributed by atoms with Crippen molar-refractivity contribution < 1.29 is 31.5 Å². The van der Waals surface area contributed by atoms with Crippen molar-refractivity contribution in [2.24, 2.45) is 10.4 Å². The van der Waals surface area contributed by atoms with Crippen LogP contribution in [-0.4, -0.2) is 78.3 Å². The maximum atomic E-state index is 15.7. The lowest BCUT2D eigenvalue weighted by Crippen LogP contribution is -2.60. The van der Waals surface area contributed by atoms with Crippen molar-refractivity contribution in [2.75, 3.05) is 48.8 Å². The molecule has 1 aliphatic carbocycles. The van der Waals surface area contributed by atoms with E-state index in [0.29, 0.717) is 62.0 Å². The topological polar surface area (TPSA) is 60.4 Å². The monoisotopic (exact) mass is 659 g/mol. The zero-order valence-electron chi connectivity index (χ0n) is 25.5. The lowest BCUT2D eigenvalue weighted by molar-refractivity contribution is -0.137. The minimum Gasteiger partial charge on any atom is -0.380 e. The molecule has 2 aromatic rings. The molecule has 1 N–H and O–H groups in total. The first-order valence-electron chi connectivity index (χ1n) is 15.3. The second-order valence-electron chi connectivity index (χ2n) is 13.0. The molecule has 244 valence electrons. The maximum absolute atomic E-state index is 15.7. The van der Waals surface area contributed by atoms with Crippen LogP contribution in [0.25, 0.3) is 11.1 Å². The van der Waals surface area contributed by atoms with Crippen molar-refractivity contribution in [3.8, 4) is 11.1 Å². The molecule has 3 fully saturated rings. The van der Waals surface area contributed by atoms with Gasteiger partial charge in [-0.15, -0.1) is 11.8 Å². The summed E-state index contributed by atoms with van der Waals surface area (Å²) in [6, 6.07) is 2.31. The van der Waals surface area contributed by atoms with Crippen molar-refractivity contribution in [3.05, 3.63) is 66.0 Å². The van der Waals surface area contributed by atoms with Gasteiger partial charge in [-0.25, -0.2) is 13.8 Å². The zero-order valence-corrected chi connectivity index (χ0v) is 26.3. The quantitative estimate of drug-likeness (QED) is 0.299. The molecule has 7 nitrogen and oxygen atoms in total. The Balaban J connectivity index is 1.45. The van der Waals surface area contributed by atoms with Gasteiger partial charge in [0.2, 0.25) is 5.91 Å². The molecule has 0 aromatic heterocycles. The van der Waals surface area contributed by atoms with Gasteiger partial charge < -0.3 is 24.8 Å². The van der Waals surface area contributed by atoms with Crippen LogP contribution in [0.2, 0.25) is 0 Å². The van der Waals surface area contributed by atoms with Crippen LogP contribution >= 0.6 is 11.8 Å². The molecular formula is C33H34F5N5O2S. The number of piperazine rings is 1. The number of halogens is 5. The summed E-state index contributed by atoms with van der Waals surface area (Å²) in [5.41, 5.74) is -1.36. The Morgan fingerprint density at radius 2 is 1.85 bits per heavy atom. The van der Waals surface area contributed by atoms with E-state index in [1.165, 1.54) is 23.9 Å². The van der Waals surface area contributed by atoms with Gasteiger partial charge in [-0.05, 0) is 44.9 Å². The third kappa shape index (κ3) is 5.15. The summed E-state index contributed by atoms with van der Waals surface area (Å²) in [6.07, 6.45) is -2.02. The second kappa shape index (κ2) is 11.0. The number of anilines is 2. The molecule has 1 amide bonds. The normalized spacial score (nSPS) is 23.8. The van der Waals surface area contributed by atoms with Gasteiger partial charge in [-0.3, -0.25) is 4.79 Å². The first-order valence-corrected chi connectivity index (χ1v) is 16.3. The fraction of sp³-hybridized carbons (Fsp3) is 0.455. The van der Waals surface area contributed by atoms with E-state index in [-0.39, 0.29) is 56.7 Å². The summed E-state index contributed by atoms with van der Waals surface area (Å²) >= 11 is 1.23. The number of thioether (sulfide) groups is 1. The van der Waals surface area contributed by atoms with Gasteiger partial charge in [0.15, 0.2) is 0 Å². The molecule has 0 bridgehead atoms. The Kier molecular flexibility index (Phi) is 7.43. The molecule has 5 aliphatic rings. The molecule has 2 aromatic carbocycles. The van der Waals surface area contributed by atoms with Gasteiger partial charge in [0.25, 0.3) is 0 Å². The zero-order chi connectivity index (χ0) is 32.7. The maximum Gasteiger partial charge on any atom is 0.417 e. The molecule has 2 saturated heterocycles. The highest BCUT2D eigenvalue weighted by Gasteiger charge is 2.48. The Labute approximate surface area is 268 Å². The summed E-state index contributed by atoms with van der Waals surface area (Å²) in [6.45, 7) is 13.5. The van der Waals surface area contributed by atoms with Crippen molar-refractivity contribution in [1.29, 1.82) is 0 Å². The van der Waals surface area contributed by atoms with Crippen LogP contribution in [0.15, 0.2) is 53.1 Å². The van der Waals surface area contributed by atoms with E-state index in [1.54, 1.807) is 4.90 Å².